The number of nitrogens with one attached hydrogen (secondary N) is 2. The molecule has 1 rings (SSSR count). The van der Waals surface area contributed by atoms with Crippen LogP contribution in [0, 0.1) is 6.92 Å². The monoisotopic (exact) mass is 274 g/mol. The van der Waals surface area contributed by atoms with Gasteiger partial charge in [-0.25, -0.2) is 0 Å². The maximum atomic E-state index is 12.0. The van der Waals surface area contributed by atoms with Crippen LogP contribution >= 0.6 is 0 Å². The molecule has 1 aromatic rings. The summed E-state index contributed by atoms with van der Waals surface area (Å²) in [6.45, 7) is 2.08. The second kappa shape index (κ2) is 6.96. The van der Waals surface area contributed by atoms with Crippen LogP contribution in [0.15, 0.2) is 23.2 Å². The minimum atomic E-state index is -4.16. The van der Waals surface area contributed by atoms with Crippen LogP contribution in [0.2, 0.25) is 0 Å². The van der Waals surface area contributed by atoms with Crippen LogP contribution in [0.1, 0.15) is 17.8 Å². The molecule has 7 heteroatoms. The van der Waals surface area contributed by atoms with Crippen molar-refractivity contribution in [3.8, 4) is 0 Å². The van der Waals surface area contributed by atoms with E-state index in [-0.39, 0.29) is 6.54 Å². The smallest absolute Gasteiger partial charge is 0.356 e. The van der Waals surface area contributed by atoms with E-state index in [4.69, 9.17) is 0 Å². The molecule has 0 atom stereocenters. The van der Waals surface area contributed by atoms with Gasteiger partial charge in [0.2, 0.25) is 0 Å². The van der Waals surface area contributed by atoms with Gasteiger partial charge in [-0.2, -0.15) is 13.2 Å². The zero-order valence-corrected chi connectivity index (χ0v) is 10.9. The van der Waals surface area contributed by atoms with Crippen molar-refractivity contribution in [1.29, 1.82) is 0 Å². The Morgan fingerprint density at radius 3 is 2.63 bits per heavy atom. The molecule has 0 unspecified atom stereocenters. The summed E-state index contributed by atoms with van der Waals surface area (Å²) in [7, 11) is 1.51. The third-order valence-electron chi connectivity index (χ3n) is 2.31. The van der Waals surface area contributed by atoms with Crippen LogP contribution in [-0.4, -0.2) is 30.7 Å². The Balaban J connectivity index is 2.37. The minimum Gasteiger partial charge on any atom is -0.356 e. The predicted octanol–water partition coefficient (Wildman–Crippen LogP) is 2.01. The van der Waals surface area contributed by atoms with Crippen molar-refractivity contribution in [2.75, 3.05) is 13.6 Å². The Hall–Kier alpha value is -1.79. The standard InChI is InChI=1S/C12H17F3N4/c1-9-4-3-5-10(19-9)8-18-11(16-2)17-7-6-12(13,14)15/h3-5H,6-8H2,1-2H3,(H2,16,17,18). The molecule has 0 fully saturated rings. The first-order valence-electron chi connectivity index (χ1n) is 5.84. The van der Waals surface area contributed by atoms with E-state index in [2.05, 4.69) is 20.6 Å². The average Bonchev–Trinajstić information content (AvgIpc) is 2.32. The van der Waals surface area contributed by atoms with Crippen LogP contribution in [0.3, 0.4) is 0 Å². The summed E-state index contributed by atoms with van der Waals surface area (Å²) >= 11 is 0. The molecule has 0 spiro atoms. The van der Waals surface area contributed by atoms with Crippen LogP contribution in [0.4, 0.5) is 13.2 Å². The molecule has 1 heterocycles. The normalized spacial score (nSPS) is 12.4. The highest BCUT2D eigenvalue weighted by Crippen LogP contribution is 2.17. The first-order valence-corrected chi connectivity index (χ1v) is 5.84. The largest absolute Gasteiger partial charge is 0.390 e. The number of aryl methyl sites for hydroxylation is 1. The van der Waals surface area contributed by atoms with Crippen LogP contribution in [0.25, 0.3) is 0 Å². The van der Waals surface area contributed by atoms with Crippen molar-refractivity contribution in [3.05, 3.63) is 29.6 Å². The maximum Gasteiger partial charge on any atom is 0.390 e. The summed E-state index contributed by atoms with van der Waals surface area (Å²) in [4.78, 5) is 8.12. The number of rotatable bonds is 4. The molecule has 4 nitrogen and oxygen atoms in total. The number of aliphatic imine (C=N–C) groups is 1. The van der Waals surface area contributed by atoms with Gasteiger partial charge in [0.25, 0.3) is 0 Å². The Labute approximate surface area is 110 Å². The number of pyridine rings is 1. The first-order chi connectivity index (χ1) is 8.90. The topological polar surface area (TPSA) is 49.3 Å². The maximum absolute atomic E-state index is 12.0. The molecule has 106 valence electrons. The SMILES string of the molecule is CN=C(NCCC(F)(F)F)NCc1cccc(C)n1. The van der Waals surface area contributed by atoms with Crippen molar-refractivity contribution < 1.29 is 13.2 Å². The van der Waals surface area contributed by atoms with E-state index < -0.39 is 12.6 Å². The summed E-state index contributed by atoms with van der Waals surface area (Å²) in [6.07, 6.45) is -5.06. The van der Waals surface area contributed by atoms with E-state index in [1.165, 1.54) is 7.05 Å². The molecule has 0 aliphatic heterocycles. The van der Waals surface area contributed by atoms with E-state index in [1.807, 2.05) is 25.1 Å². The molecule has 19 heavy (non-hydrogen) atoms. The molecular weight excluding hydrogens is 257 g/mol. The van der Waals surface area contributed by atoms with Gasteiger partial charge in [0, 0.05) is 19.3 Å². The van der Waals surface area contributed by atoms with E-state index in [9.17, 15) is 13.2 Å². The van der Waals surface area contributed by atoms with Gasteiger partial charge in [0.1, 0.15) is 0 Å². The molecular formula is C12H17F3N4. The number of hydrogen-bond donors (Lipinski definition) is 2. The van der Waals surface area contributed by atoms with E-state index in [1.54, 1.807) is 0 Å². The summed E-state index contributed by atoms with van der Waals surface area (Å²) in [5.41, 5.74) is 1.69. The molecule has 0 aliphatic rings. The first kappa shape index (κ1) is 15.3. The average molecular weight is 274 g/mol. The van der Waals surface area contributed by atoms with Crippen molar-refractivity contribution in [2.45, 2.75) is 26.1 Å². The molecule has 0 aliphatic carbocycles. The van der Waals surface area contributed by atoms with Gasteiger partial charge in [0.15, 0.2) is 5.96 Å². The molecule has 0 aromatic carbocycles. The highest BCUT2D eigenvalue weighted by molar-refractivity contribution is 5.79. The van der Waals surface area contributed by atoms with Gasteiger partial charge in [-0.05, 0) is 19.1 Å². The highest BCUT2D eigenvalue weighted by Gasteiger charge is 2.26. The zero-order valence-electron chi connectivity index (χ0n) is 10.9. The predicted molar refractivity (Wildman–Crippen MR) is 67.8 cm³/mol. The van der Waals surface area contributed by atoms with Gasteiger partial charge in [-0.15, -0.1) is 0 Å². The van der Waals surface area contributed by atoms with Crippen molar-refractivity contribution in [3.63, 3.8) is 0 Å². The molecule has 0 radical (unpaired) electrons. The molecule has 0 amide bonds. The van der Waals surface area contributed by atoms with Crippen molar-refractivity contribution in [1.82, 2.24) is 15.6 Å². The number of nitrogens with zero attached hydrogens (tertiary/aromatic N) is 2. The minimum absolute atomic E-state index is 0.204. The molecule has 1 aromatic heterocycles. The van der Waals surface area contributed by atoms with E-state index in [0.29, 0.717) is 12.5 Å². The highest BCUT2D eigenvalue weighted by atomic mass is 19.4. The van der Waals surface area contributed by atoms with Gasteiger partial charge in [0.05, 0.1) is 18.7 Å². The third kappa shape index (κ3) is 6.64. The van der Waals surface area contributed by atoms with Crippen LogP contribution < -0.4 is 10.6 Å². The van der Waals surface area contributed by atoms with E-state index >= 15 is 0 Å². The number of alkyl halides is 3. The summed E-state index contributed by atoms with van der Waals surface area (Å²) in [5.74, 6) is 0.326. The number of aromatic nitrogens is 1. The van der Waals surface area contributed by atoms with E-state index in [0.717, 1.165) is 11.4 Å². The summed E-state index contributed by atoms with van der Waals surface area (Å²) in [6, 6.07) is 5.59. The third-order valence-corrected chi connectivity index (χ3v) is 2.31. The second-order valence-corrected chi connectivity index (χ2v) is 3.99. The Morgan fingerprint density at radius 2 is 2.05 bits per heavy atom. The summed E-state index contributed by atoms with van der Waals surface area (Å²) in [5, 5.41) is 5.51. The van der Waals surface area contributed by atoms with Gasteiger partial charge in [-0.1, -0.05) is 6.07 Å². The lowest BCUT2D eigenvalue weighted by Gasteiger charge is -2.12. The Morgan fingerprint density at radius 1 is 1.32 bits per heavy atom. The Kier molecular flexibility index (Phi) is 5.59. The lowest BCUT2D eigenvalue weighted by molar-refractivity contribution is -0.132. The fourth-order valence-electron chi connectivity index (χ4n) is 1.42. The fraction of sp³-hybridized carbons (Fsp3) is 0.500. The molecule has 0 saturated heterocycles. The van der Waals surface area contributed by atoms with Crippen molar-refractivity contribution >= 4 is 5.96 Å². The quantitative estimate of drug-likeness (QED) is 0.652. The van der Waals surface area contributed by atoms with Gasteiger partial charge >= 0.3 is 6.18 Å². The van der Waals surface area contributed by atoms with Crippen LogP contribution in [0.5, 0.6) is 0 Å². The molecule has 0 bridgehead atoms. The zero-order chi connectivity index (χ0) is 14.3. The number of guanidine groups is 1. The number of hydrogen-bond acceptors (Lipinski definition) is 2. The lowest BCUT2D eigenvalue weighted by atomic mass is 10.3. The van der Waals surface area contributed by atoms with Crippen LogP contribution in [-0.2, 0) is 6.54 Å². The second-order valence-electron chi connectivity index (χ2n) is 3.99. The Bertz CT molecular complexity index is 429. The molecule has 2 N–H and O–H groups in total. The molecule has 0 saturated carbocycles. The van der Waals surface area contributed by atoms with Gasteiger partial charge in [-0.3, -0.25) is 9.98 Å². The number of halogens is 3. The lowest BCUT2D eigenvalue weighted by Crippen LogP contribution is -2.38. The van der Waals surface area contributed by atoms with Gasteiger partial charge < -0.3 is 10.6 Å². The van der Waals surface area contributed by atoms with Crippen molar-refractivity contribution in [2.24, 2.45) is 4.99 Å². The summed E-state index contributed by atoms with van der Waals surface area (Å²) < 4.78 is 36.0. The fourth-order valence-corrected chi connectivity index (χ4v) is 1.42.